The van der Waals surface area contributed by atoms with E-state index >= 15 is 0 Å². The van der Waals surface area contributed by atoms with Crippen molar-refractivity contribution in [3.05, 3.63) is 47.4 Å². The Hall–Kier alpha value is -2.43. The normalized spacial score (nSPS) is 10.2. The summed E-state index contributed by atoms with van der Waals surface area (Å²) in [5.74, 6) is 0.819. The molecule has 5 nitrogen and oxygen atoms in total. The van der Waals surface area contributed by atoms with Crippen molar-refractivity contribution in [3.63, 3.8) is 0 Å². The van der Waals surface area contributed by atoms with Crippen LogP contribution in [0, 0.1) is 0 Å². The van der Waals surface area contributed by atoms with Crippen molar-refractivity contribution in [2.75, 3.05) is 14.2 Å². The van der Waals surface area contributed by atoms with E-state index in [1.54, 1.807) is 32.4 Å². The summed E-state index contributed by atoms with van der Waals surface area (Å²) < 4.78 is 15.6. The number of furan rings is 1. The van der Waals surface area contributed by atoms with E-state index in [4.69, 9.17) is 19.0 Å². The fourth-order valence-corrected chi connectivity index (χ4v) is 1.80. The molecule has 0 spiro atoms. The van der Waals surface area contributed by atoms with Crippen molar-refractivity contribution in [2.45, 2.75) is 6.42 Å². The first-order chi connectivity index (χ1) is 9.13. The number of ether oxygens (including phenoxy) is 2. The second kappa shape index (κ2) is 5.48. The van der Waals surface area contributed by atoms with Gasteiger partial charge in [0, 0.05) is 12.0 Å². The third kappa shape index (κ3) is 2.88. The first-order valence-corrected chi connectivity index (χ1v) is 5.67. The second-order valence-electron chi connectivity index (χ2n) is 3.93. The molecule has 0 atom stereocenters. The van der Waals surface area contributed by atoms with Gasteiger partial charge in [-0.1, -0.05) is 0 Å². The summed E-state index contributed by atoms with van der Waals surface area (Å²) in [4.78, 5) is 10.8. The van der Waals surface area contributed by atoms with Crippen LogP contribution in [0.15, 0.2) is 34.7 Å². The SMILES string of the molecule is COc1ccc(OC)c(Cc2ccc(C(=O)O)o2)c1. The van der Waals surface area contributed by atoms with E-state index in [2.05, 4.69) is 0 Å². The first-order valence-electron chi connectivity index (χ1n) is 5.67. The lowest BCUT2D eigenvalue weighted by Crippen LogP contribution is -1.95. The maximum Gasteiger partial charge on any atom is 0.371 e. The highest BCUT2D eigenvalue weighted by molar-refractivity contribution is 5.84. The molecule has 100 valence electrons. The van der Waals surface area contributed by atoms with Gasteiger partial charge in [-0.2, -0.15) is 0 Å². The molecule has 2 aromatic rings. The second-order valence-corrected chi connectivity index (χ2v) is 3.93. The highest BCUT2D eigenvalue weighted by Gasteiger charge is 2.12. The van der Waals surface area contributed by atoms with Crippen LogP contribution in [0.1, 0.15) is 21.9 Å². The van der Waals surface area contributed by atoms with Gasteiger partial charge < -0.3 is 19.0 Å². The summed E-state index contributed by atoms with van der Waals surface area (Å²) in [6.45, 7) is 0. The summed E-state index contributed by atoms with van der Waals surface area (Å²) in [6.07, 6.45) is 0.438. The minimum absolute atomic E-state index is 0.0723. The Bertz CT molecular complexity index is 585. The van der Waals surface area contributed by atoms with Crippen LogP contribution in [0.5, 0.6) is 11.5 Å². The number of carboxylic acids is 1. The molecule has 2 rings (SSSR count). The van der Waals surface area contributed by atoms with Crippen LogP contribution in [-0.2, 0) is 6.42 Å². The molecule has 0 aliphatic carbocycles. The third-order valence-corrected chi connectivity index (χ3v) is 2.72. The van der Waals surface area contributed by atoms with Gasteiger partial charge in [0.05, 0.1) is 14.2 Å². The summed E-state index contributed by atoms with van der Waals surface area (Å²) in [6, 6.07) is 8.51. The van der Waals surface area contributed by atoms with Crippen molar-refractivity contribution in [1.82, 2.24) is 0 Å². The van der Waals surface area contributed by atoms with Crippen LogP contribution in [0.2, 0.25) is 0 Å². The summed E-state index contributed by atoms with van der Waals surface area (Å²) in [7, 11) is 3.16. The van der Waals surface area contributed by atoms with Gasteiger partial charge in [0.25, 0.3) is 0 Å². The molecule has 0 aliphatic heterocycles. The fraction of sp³-hybridized carbons (Fsp3) is 0.214. The van der Waals surface area contributed by atoms with Crippen LogP contribution in [0.3, 0.4) is 0 Å². The molecule has 19 heavy (non-hydrogen) atoms. The van der Waals surface area contributed by atoms with Gasteiger partial charge in [-0.3, -0.25) is 0 Å². The van der Waals surface area contributed by atoms with Crippen molar-refractivity contribution in [1.29, 1.82) is 0 Å². The van der Waals surface area contributed by atoms with Gasteiger partial charge in [-0.05, 0) is 30.3 Å². The first kappa shape index (κ1) is 13.0. The Labute approximate surface area is 110 Å². The van der Waals surface area contributed by atoms with Crippen LogP contribution in [-0.4, -0.2) is 25.3 Å². The van der Waals surface area contributed by atoms with E-state index in [-0.39, 0.29) is 5.76 Å². The van der Waals surface area contributed by atoms with Crippen molar-refractivity contribution in [3.8, 4) is 11.5 Å². The summed E-state index contributed by atoms with van der Waals surface area (Å²) in [5.41, 5.74) is 0.869. The lowest BCUT2D eigenvalue weighted by atomic mass is 10.1. The molecule has 1 aromatic heterocycles. The molecule has 0 aliphatic rings. The average Bonchev–Trinajstić information content (AvgIpc) is 2.87. The number of hydrogen-bond donors (Lipinski definition) is 1. The molecule has 0 bridgehead atoms. The van der Waals surface area contributed by atoms with E-state index in [0.717, 1.165) is 5.56 Å². The Kier molecular flexibility index (Phi) is 3.75. The van der Waals surface area contributed by atoms with E-state index in [0.29, 0.717) is 23.7 Å². The van der Waals surface area contributed by atoms with Crippen molar-refractivity contribution >= 4 is 5.97 Å². The average molecular weight is 262 g/mol. The largest absolute Gasteiger partial charge is 0.497 e. The lowest BCUT2D eigenvalue weighted by molar-refractivity contribution is 0.0660. The fourth-order valence-electron chi connectivity index (χ4n) is 1.80. The highest BCUT2D eigenvalue weighted by Crippen LogP contribution is 2.26. The maximum absolute atomic E-state index is 10.8. The minimum atomic E-state index is -1.08. The molecular formula is C14H14O5. The van der Waals surface area contributed by atoms with Gasteiger partial charge in [0.1, 0.15) is 17.3 Å². The lowest BCUT2D eigenvalue weighted by Gasteiger charge is -2.09. The molecule has 5 heteroatoms. The number of aromatic carboxylic acids is 1. The topological polar surface area (TPSA) is 68.9 Å². The van der Waals surface area contributed by atoms with Gasteiger partial charge in [-0.25, -0.2) is 4.79 Å². The van der Waals surface area contributed by atoms with E-state index in [1.807, 2.05) is 6.07 Å². The van der Waals surface area contributed by atoms with Crippen molar-refractivity contribution in [2.24, 2.45) is 0 Å². The number of benzene rings is 1. The molecule has 0 amide bonds. The molecule has 0 saturated carbocycles. The predicted molar refractivity (Wildman–Crippen MR) is 68.0 cm³/mol. The predicted octanol–water partition coefficient (Wildman–Crippen LogP) is 2.59. The summed E-state index contributed by atoms with van der Waals surface area (Å²) in [5, 5.41) is 8.81. The zero-order valence-corrected chi connectivity index (χ0v) is 10.7. The Morgan fingerprint density at radius 3 is 2.58 bits per heavy atom. The number of carbonyl (C=O) groups is 1. The molecule has 0 saturated heterocycles. The Morgan fingerprint density at radius 1 is 1.21 bits per heavy atom. The Morgan fingerprint density at radius 2 is 2.00 bits per heavy atom. The van der Waals surface area contributed by atoms with Crippen LogP contribution >= 0.6 is 0 Å². The van der Waals surface area contributed by atoms with Crippen LogP contribution in [0.4, 0.5) is 0 Å². The van der Waals surface area contributed by atoms with E-state index in [1.165, 1.54) is 6.07 Å². The van der Waals surface area contributed by atoms with Gasteiger partial charge in [0.15, 0.2) is 0 Å². The van der Waals surface area contributed by atoms with Crippen LogP contribution in [0.25, 0.3) is 0 Å². The molecule has 0 unspecified atom stereocenters. The molecular weight excluding hydrogens is 248 g/mol. The number of rotatable bonds is 5. The third-order valence-electron chi connectivity index (χ3n) is 2.72. The smallest absolute Gasteiger partial charge is 0.371 e. The molecule has 1 aromatic carbocycles. The van der Waals surface area contributed by atoms with E-state index in [9.17, 15) is 4.79 Å². The zero-order valence-electron chi connectivity index (χ0n) is 10.7. The van der Waals surface area contributed by atoms with Gasteiger partial charge >= 0.3 is 5.97 Å². The zero-order chi connectivity index (χ0) is 13.8. The molecule has 0 radical (unpaired) electrons. The molecule has 1 N–H and O–H groups in total. The number of hydrogen-bond acceptors (Lipinski definition) is 4. The van der Waals surface area contributed by atoms with E-state index < -0.39 is 5.97 Å². The molecule has 1 heterocycles. The number of methoxy groups -OCH3 is 2. The quantitative estimate of drug-likeness (QED) is 0.896. The van der Waals surface area contributed by atoms with Gasteiger partial charge in [0.2, 0.25) is 5.76 Å². The van der Waals surface area contributed by atoms with Crippen LogP contribution < -0.4 is 9.47 Å². The minimum Gasteiger partial charge on any atom is -0.497 e. The maximum atomic E-state index is 10.8. The number of carboxylic acid groups (broad SMARTS) is 1. The standard InChI is InChI=1S/C14H14O5/c1-17-10-3-5-12(18-2)9(7-10)8-11-4-6-13(19-11)14(15)16/h3-7H,8H2,1-2H3,(H,15,16). The monoisotopic (exact) mass is 262 g/mol. The molecule has 0 fully saturated rings. The summed E-state index contributed by atoms with van der Waals surface area (Å²) >= 11 is 0. The van der Waals surface area contributed by atoms with Crippen molar-refractivity contribution < 1.29 is 23.8 Å². The Balaban J connectivity index is 2.27. The van der Waals surface area contributed by atoms with Gasteiger partial charge in [-0.15, -0.1) is 0 Å². The highest BCUT2D eigenvalue weighted by atomic mass is 16.5.